The van der Waals surface area contributed by atoms with Crippen LogP contribution in [0.1, 0.15) is 21.5 Å². The highest BCUT2D eigenvalue weighted by Gasteiger charge is 2.32. The van der Waals surface area contributed by atoms with Crippen LogP contribution in [0.2, 0.25) is 0 Å². The topological polar surface area (TPSA) is 103 Å². The predicted octanol–water partition coefficient (Wildman–Crippen LogP) is 4.28. The molecule has 0 aromatic heterocycles. The molecule has 0 bridgehead atoms. The summed E-state index contributed by atoms with van der Waals surface area (Å²) in [4.78, 5) is 26.4. The van der Waals surface area contributed by atoms with Crippen LogP contribution in [0.4, 0.5) is 5.69 Å². The summed E-state index contributed by atoms with van der Waals surface area (Å²) in [6.45, 7) is 1.01. The first-order valence-corrected chi connectivity index (χ1v) is 10.9. The average molecular weight is 480 g/mol. The molecule has 0 radical (unpaired) electrons. The fraction of sp³-hybridized carbons (Fsp3) is 0.269. The first-order valence-electron chi connectivity index (χ1n) is 10.9. The quantitative estimate of drug-likeness (QED) is 0.342. The molecule has 9 nitrogen and oxygen atoms in total. The van der Waals surface area contributed by atoms with Crippen molar-refractivity contribution in [3.63, 3.8) is 0 Å². The van der Waals surface area contributed by atoms with Gasteiger partial charge in [-0.3, -0.25) is 14.9 Å². The normalized spacial score (nSPS) is 10.7. The molecule has 0 unspecified atom stereocenters. The Morgan fingerprint density at radius 1 is 0.971 bits per heavy atom. The van der Waals surface area contributed by atoms with Crippen molar-refractivity contribution < 1.29 is 23.9 Å². The number of nitro groups is 1. The fourth-order valence-corrected chi connectivity index (χ4v) is 3.88. The van der Waals surface area contributed by atoms with Crippen LogP contribution < -0.4 is 19.5 Å². The highest BCUT2D eigenvalue weighted by Crippen LogP contribution is 2.46. The Labute approximate surface area is 204 Å². The molecule has 3 aromatic carbocycles. The molecule has 9 heteroatoms. The Balaban J connectivity index is 1.90. The third-order valence-corrected chi connectivity index (χ3v) is 5.45. The lowest BCUT2D eigenvalue weighted by Crippen LogP contribution is -2.24. The number of benzene rings is 3. The maximum absolute atomic E-state index is 13.1. The molecule has 0 saturated carbocycles. The summed E-state index contributed by atoms with van der Waals surface area (Å²) in [5.74, 6) is -0.619. The Kier molecular flexibility index (Phi) is 8.27. The van der Waals surface area contributed by atoms with Crippen LogP contribution in [0.25, 0.3) is 11.1 Å². The number of methoxy groups -OCH3 is 3. The molecular formula is C26H29N3O6. The van der Waals surface area contributed by atoms with Gasteiger partial charge in [0.1, 0.15) is 5.56 Å². The number of amides is 1. The Morgan fingerprint density at radius 3 is 2.20 bits per heavy atom. The SMILES string of the molecule is COc1cc(C(=O)NCc2ccccc2-c2ccc(CN(C)C)cc2)c([N+](=O)[O-])c(OC)c1OC. The monoisotopic (exact) mass is 479 g/mol. The third kappa shape index (κ3) is 5.70. The van der Waals surface area contributed by atoms with Crippen molar-refractivity contribution in [3.8, 4) is 28.4 Å². The number of nitrogens with zero attached hydrogens (tertiary/aromatic N) is 2. The van der Waals surface area contributed by atoms with Gasteiger partial charge < -0.3 is 24.4 Å². The third-order valence-electron chi connectivity index (χ3n) is 5.45. The van der Waals surface area contributed by atoms with E-state index in [2.05, 4.69) is 22.3 Å². The summed E-state index contributed by atoms with van der Waals surface area (Å²) in [7, 11) is 8.03. The molecule has 0 heterocycles. The maximum atomic E-state index is 13.1. The molecule has 0 aliphatic heterocycles. The highest BCUT2D eigenvalue weighted by molar-refractivity contribution is 6.00. The van der Waals surface area contributed by atoms with Gasteiger partial charge in [-0.2, -0.15) is 0 Å². The Bertz CT molecular complexity index is 1210. The summed E-state index contributed by atoms with van der Waals surface area (Å²) >= 11 is 0. The minimum absolute atomic E-state index is 0.0429. The number of hydrogen-bond donors (Lipinski definition) is 1. The van der Waals surface area contributed by atoms with Crippen LogP contribution in [-0.2, 0) is 13.1 Å². The van der Waals surface area contributed by atoms with E-state index in [1.54, 1.807) is 0 Å². The second kappa shape index (κ2) is 11.3. The smallest absolute Gasteiger partial charge is 0.327 e. The summed E-state index contributed by atoms with van der Waals surface area (Å²) in [5.41, 5.74) is 3.36. The van der Waals surface area contributed by atoms with Crippen molar-refractivity contribution in [1.82, 2.24) is 10.2 Å². The Morgan fingerprint density at radius 2 is 1.63 bits per heavy atom. The summed E-state index contributed by atoms with van der Waals surface area (Å²) in [6.07, 6.45) is 0. The number of ether oxygens (including phenoxy) is 3. The average Bonchev–Trinajstić information content (AvgIpc) is 2.86. The van der Waals surface area contributed by atoms with E-state index in [1.807, 2.05) is 50.5 Å². The molecule has 35 heavy (non-hydrogen) atoms. The van der Waals surface area contributed by atoms with Gasteiger partial charge >= 0.3 is 5.69 Å². The van der Waals surface area contributed by atoms with Crippen LogP contribution in [-0.4, -0.2) is 51.2 Å². The highest BCUT2D eigenvalue weighted by atomic mass is 16.6. The molecule has 0 saturated heterocycles. The van der Waals surface area contributed by atoms with Gasteiger partial charge in [0.15, 0.2) is 5.75 Å². The van der Waals surface area contributed by atoms with Gasteiger partial charge in [0.25, 0.3) is 5.91 Å². The molecule has 0 aliphatic rings. The van der Waals surface area contributed by atoms with Crippen molar-refractivity contribution in [3.05, 3.63) is 81.4 Å². The number of rotatable bonds is 10. The van der Waals surface area contributed by atoms with E-state index < -0.39 is 16.5 Å². The summed E-state index contributed by atoms with van der Waals surface area (Å²) < 4.78 is 15.7. The molecular weight excluding hydrogens is 450 g/mol. The predicted molar refractivity (Wildman–Crippen MR) is 133 cm³/mol. The van der Waals surface area contributed by atoms with Crippen molar-refractivity contribution in [2.24, 2.45) is 0 Å². The molecule has 0 aliphatic carbocycles. The number of carbonyl (C=O) groups is 1. The summed E-state index contributed by atoms with van der Waals surface area (Å²) in [5, 5.41) is 14.6. The van der Waals surface area contributed by atoms with Crippen molar-refractivity contribution in [2.75, 3.05) is 35.4 Å². The van der Waals surface area contributed by atoms with Crippen molar-refractivity contribution in [1.29, 1.82) is 0 Å². The van der Waals surface area contributed by atoms with E-state index in [-0.39, 0.29) is 29.4 Å². The van der Waals surface area contributed by atoms with Gasteiger partial charge in [-0.15, -0.1) is 0 Å². The minimum atomic E-state index is -0.668. The van der Waals surface area contributed by atoms with Crippen LogP contribution in [0.3, 0.4) is 0 Å². The summed E-state index contributed by atoms with van der Waals surface area (Å²) in [6, 6.07) is 17.2. The number of hydrogen-bond acceptors (Lipinski definition) is 7. The first-order chi connectivity index (χ1) is 16.8. The van der Waals surface area contributed by atoms with Crippen LogP contribution in [0.5, 0.6) is 17.2 Å². The van der Waals surface area contributed by atoms with E-state index in [0.717, 1.165) is 23.2 Å². The second-order valence-electron chi connectivity index (χ2n) is 8.07. The molecule has 0 fully saturated rings. The molecule has 1 amide bonds. The fourth-order valence-electron chi connectivity index (χ4n) is 3.88. The lowest BCUT2D eigenvalue weighted by atomic mass is 9.98. The molecule has 0 atom stereocenters. The van der Waals surface area contributed by atoms with Crippen molar-refractivity contribution >= 4 is 11.6 Å². The number of nitrogens with one attached hydrogen (secondary N) is 1. The molecule has 3 aromatic rings. The van der Waals surface area contributed by atoms with Crippen LogP contribution in [0.15, 0.2) is 54.6 Å². The van der Waals surface area contributed by atoms with E-state index in [9.17, 15) is 14.9 Å². The zero-order valence-corrected chi connectivity index (χ0v) is 20.5. The van der Waals surface area contributed by atoms with Gasteiger partial charge in [0.05, 0.1) is 26.3 Å². The van der Waals surface area contributed by atoms with Crippen molar-refractivity contribution in [2.45, 2.75) is 13.1 Å². The van der Waals surface area contributed by atoms with E-state index in [1.165, 1.54) is 33.0 Å². The molecule has 1 N–H and O–H groups in total. The molecule has 0 spiro atoms. The van der Waals surface area contributed by atoms with Gasteiger partial charge in [-0.25, -0.2) is 0 Å². The molecule has 3 rings (SSSR count). The first kappa shape index (κ1) is 25.5. The minimum Gasteiger partial charge on any atom is -0.493 e. The Hall–Kier alpha value is -4.11. The van der Waals surface area contributed by atoms with Gasteiger partial charge in [-0.1, -0.05) is 48.5 Å². The van der Waals surface area contributed by atoms with Crippen LogP contribution in [0, 0.1) is 10.1 Å². The van der Waals surface area contributed by atoms with E-state index in [0.29, 0.717) is 0 Å². The van der Waals surface area contributed by atoms with Gasteiger partial charge in [0.2, 0.25) is 11.5 Å². The lowest BCUT2D eigenvalue weighted by Gasteiger charge is -2.16. The van der Waals surface area contributed by atoms with E-state index in [4.69, 9.17) is 14.2 Å². The van der Waals surface area contributed by atoms with Crippen LogP contribution >= 0.6 is 0 Å². The van der Waals surface area contributed by atoms with E-state index >= 15 is 0 Å². The lowest BCUT2D eigenvalue weighted by molar-refractivity contribution is -0.386. The maximum Gasteiger partial charge on any atom is 0.327 e. The second-order valence-corrected chi connectivity index (χ2v) is 8.07. The molecule has 184 valence electrons. The van der Waals surface area contributed by atoms with Gasteiger partial charge in [0, 0.05) is 19.2 Å². The standard InChI is InChI=1S/C26H29N3O6/c1-28(2)16-17-10-12-18(13-11-17)20-9-7-6-8-19(20)15-27-26(30)21-14-22(33-3)24(34-4)25(35-5)23(21)29(31)32/h6-14H,15-16H2,1-5H3,(H,27,30). The number of carbonyl (C=O) groups excluding carboxylic acids is 1. The zero-order valence-electron chi connectivity index (χ0n) is 20.5. The number of nitro benzene ring substituents is 1. The largest absolute Gasteiger partial charge is 0.493 e. The zero-order chi connectivity index (χ0) is 25.5. The van der Waals surface area contributed by atoms with Gasteiger partial charge in [-0.05, 0) is 36.3 Å².